The normalized spacial score (nSPS) is 23.8. The molecule has 6 N–H and O–H groups in total. The third kappa shape index (κ3) is 3.80. The zero-order valence-corrected chi connectivity index (χ0v) is 20.6. The first-order chi connectivity index (χ1) is 16.1. The Hall–Kier alpha value is -2.79. The highest BCUT2D eigenvalue weighted by atomic mass is 79.9. The zero-order chi connectivity index (χ0) is 24.8. The predicted molar refractivity (Wildman–Crippen MR) is 128 cm³/mol. The molecule has 0 saturated heterocycles. The molecule has 1 saturated carbocycles. The summed E-state index contributed by atoms with van der Waals surface area (Å²) in [6, 6.07) is 13.6. The van der Waals surface area contributed by atoms with Gasteiger partial charge >= 0.3 is 5.97 Å². The van der Waals surface area contributed by atoms with Crippen LogP contribution in [0.1, 0.15) is 22.6 Å². The number of aliphatic hydroxyl groups is 2. The van der Waals surface area contributed by atoms with Gasteiger partial charge in [0, 0.05) is 20.4 Å². The largest absolute Gasteiger partial charge is 0.507 e. The summed E-state index contributed by atoms with van der Waals surface area (Å²) in [6.45, 7) is -0.196. The number of ether oxygens (including phenoxy) is 1. The number of carbonyl (C=O) groups is 1. The third-order valence-electron chi connectivity index (χ3n) is 6.07. The van der Waals surface area contributed by atoms with Gasteiger partial charge in [-0.3, -0.25) is 4.79 Å². The second kappa shape index (κ2) is 9.10. The lowest BCUT2D eigenvalue weighted by atomic mass is 9.51. The molecule has 0 heterocycles. The van der Waals surface area contributed by atoms with E-state index in [1.165, 1.54) is 24.3 Å². The Morgan fingerprint density at radius 2 is 1.29 bits per heavy atom. The van der Waals surface area contributed by atoms with Crippen molar-refractivity contribution in [2.45, 2.75) is 30.1 Å². The molecular weight excluding hydrogens is 576 g/mol. The van der Waals surface area contributed by atoms with Gasteiger partial charge in [-0.05, 0) is 29.8 Å². The minimum atomic E-state index is -2.31. The summed E-state index contributed by atoms with van der Waals surface area (Å²) >= 11 is 6.25. The molecule has 0 bridgehead atoms. The molecule has 0 spiro atoms. The monoisotopic (exact) mass is 594 g/mol. The van der Waals surface area contributed by atoms with Gasteiger partial charge in [-0.2, -0.15) is 0 Å². The Balaban J connectivity index is 1.81. The minimum absolute atomic E-state index is 0.189. The van der Waals surface area contributed by atoms with Gasteiger partial charge in [0.25, 0.3) is 0 Å². The molecule has 0 aromatic heterocycles. The lowest BCUT2D eigenvalue weighted by Crippen LogP contribution is -2.70. The number of hydrogen-bond donors (Lipinski definition) is 6. The molecule has 4 rings (SSSR count). The number of benzene rings is 3. The molecule has 2 unspecified atom stereocenters. The van der Waals surface area contributed by atoms with E-state index in [0.717, 1.165) is 0 Å². The van der Waals surface area contributed by atoms with Gasteiger partial charge in [0.15, 0.2) is 5.41 Å². The molecule has 0 aliphatic heterocycles. The van der Waals surface area contributed by atoms with E-state index in [4.69, 9.17) is 4.74 Å². The molecule has 0 radical (unpaired) electrons. The standard InChI is InChI=1S/C24H20Br2O8/c25-12-6-14(27)18(15(28)7-12)19-21(31)24(22(19)32,20-16(29)8-13(26)9-17(20)30)23(33)34-10-11-4-2-1-3-5-11/h1-9,19,21-22,27-32H,10H2. The highest BCUT2D eigenvalue weighted by Gasteiger charge is 2.70. The molecular formula is C24H20Br2O8. The maximum Gasteiger partial charge on any atom is 0.322 e. The van der Waals surface area contributed by atoms with Crippen LogP contribution in [0.3, 0.4) is 0 Å². The average molecular weight is 596 g/mol. The van der Waals surface area contributed by atoms with E-state index < -0.39 is 58.1 Å². The van der Waals surface area contributed by atoms with Crippen LogP contribution in [0.4, 0.5) is 0 Å². The summed E-state index contributed by atoms with van der Waals surface area (Å²) in [4.78, 5) is 13.4. The van der Waals surface area contributed by atoms with Gasteiger partial charge in [-0.1, -0.05) is 62.2 Å². The Bertz CT molecular complexity index is 1190. The molecule has 2 atom stereocenters. The van der Waals surface area contributed by atoms with Crippen LogP contribution in [0, 0.1) is 0 Å². The fourth-order valence-electron chi connectivity index (χ4n) is 4.53. The maximum absolute atomic E-state index is 13.4. The van der Waals surface area contributed by atoms with Crippen LogP contribution < -0.4 is 0 Å². The van der Waals surface area contributed by atoms with Crippen LogP contribution in [-0.4, -0.2) is 48.8 Å². The van der Waals surface area contributed by atoms with E-state index in [-0.39, 0.29) is 12.2 Å². The van der Waals surface area contributed by atoms with E-state index in [1.54, 1.807) is 30.3 Å². The summed E-state index contributed by atoms with van der Waals surface area (Å²) in [5.41, 5.74) is -2.29. The minimum Gasteiger partial charge on any atom is -0.507 e. The molecule has 0 amide bonds. The van der Waals surface area contributed by atoms with Gasteiger partial charge in [0.1, 0.15) is 29.6 Å². The topological polar surface area (TPSA) is 148 Å². The molecule has 10 heteroatoms. The van der Waals surface area contributed by atoms with Gasteiger partial charge in [-0.15, -0.1) is 0 Å². The maximum atomic E-state index is 13.4. The molecule has 178 valence electrons. The predicted octanol–water partition coefficient (Wildman–Crippen LogP) is 3.53. The first-order valence-corrected chi connectivity index (χ1v) is 11.7. The lowest BCUT2D eigenvalue weighted by Gasteiger charge is -2.54. The Morgan fingerprint density at radius 3 is 1.79 bits per heavy atom. The summed E-state index contributed by atoms with van der Waals surface area (Å²) in [5.74, 6) is -4.42. The van der Waals surface area contributed by atoms with Crippen LogP contribution in [0.25, 0.3) is 0 Å². The smallest absolute Gasteiger partial charge is 0.322 e. The molecule has 1 fully saturated rings. The SMILES string of the molecule is O=C(OCc1ccccc1)C1(c2c(O)cc(Br)cc2O)C(O)C(c2c(O)cc(Br)cc2O)C1O. The Labute approximate surface area is 211 Å². The number of carbonyl (C=O) groups excluding carboxylic acids is 1. The van der Waals surface area contributed by atoms with E-state index in [1.807, 2.05) is 0 Å². The van der Waals surface area contributed by atoms with E-state index in [2.05, 4.69) is 31.9 Å². The number of esters is 1. The Kier molecular flexibility index (Phi) is 6.52. The van der Waals surface area contributed by atoms with Crippen molar-refractivity contribution in [3.05, 3.63) is 80.2 Å². The first-order valence-electron chi connectivity index (χ1n) is 10.1. The quantitative estimate of drug-likeness (QED) is 0.245. The number of aromatic hydroxyl groups is 4. The van der Waals surface area contributed by atoms with Crippen molar-refractivity contribution in [3.8, 4) is 23.0 Å². The van der Waals surface area contributed by atoms with Gasteiger partial charge in [-0.25, -0.2) is 0 Å². The van der Waals surface area contributed by atoms with Crippen LogP contribution in [0.15, 0.2) is 63.5 Å². The van der Waals surface area contributed by atoms with Crippen LogP contribution in [0.2, 0.25) is 0 Å². The Morgan fingerprint density at radius 1 is 0.824 bits per heavy atom. The highest BCUT2D eigenvalue weighted by molar-refractivity contribution is 9.10. The molecule has 3 aromatic carbocycles. The fraction of sp³-hybridized carbons (Fsp3) is 0.208. The van der Waals surface area contributed by atoms with Crippen LogP contribution in [-0.2, 0) is 21.6 Å². The van der Waals surface area contributed by atoms with Crippen molar-refractivity contribution in [2.75, 3.05) is 0 Å². The highest BCUT2D eigenvalue weighted by Crippen LogP contribution is 2.60. The van der Waals surface area contributed by atoms with E-state index in [0.29, 0.717) is 14.5 Å². The molecule has 1 aliphatic rings. The van der Waals surface area contributed by atoms with Crippen molar-refractivity contribution < 1.29 is 40.2 Å². The first kappa shape index (κ1) is 24.3. The average Bonchev–Trinajstić information content (AvgIpc) is 2.77. The molecule has 1 aliphatic carbocycles. The summed E-state index contributed by atoms with van der Waals surface area (Å²) in [6.07, 6.45) is -3.58. The summed E-state index contributed by atoms with van der Waals surface area (Å²) < 4.78 is 6.06. The van der Waals surface area contributed by atoms with Gasteiger partial charge in [0.2, 0.25) is 0 Å². The second-order valence-corrected chi connectivity index (χ2v) is 9.85. The van der Waals surface area contributed by atoms with Crippen molar-refractivity contribution in [3.63, 3.8) is 0 Å². The molecule has 34 heavy (non-hydrogen) atoms. The van der Waals surface area contributed by atoms with Crippen molar-refractivity contribution in [2.24, 2.45) is 0 Å². The molecule has 3 aromatic rings. The van der Waals surface area contributed by atoms with Crippen molar-refractivity contribution in [1.82, 2.24) is 0 Å². The number of phenols is 4. The number of aliphatic hydroxyl groups excluding tert-OH is 2. The van der Waals surface area contributed by atoms with E-state index >= 15 is 0 Å². The summed E-state index contributed by atoms with van der Waals surface area (Å²) in [7, 11) is 0. The molecule has 8 nitrogen and oxygen atoms in total. The second-order valence-electron chi connectivity index (χ2n) is 8.02. The number of halogens is 2. The van der Waals surface area contributed by atoms with Gasteiger partial charge < -0.3 is 35.4 Å². The number of hydrogen-bond acceptors (Lipinski definition) is 8. The van der Waals surface area contributed by atoms with Crippen LogP contribution >= 0.6 is 31.9 Å². The van der Waals surface area contributed by atoms with E-state index in [9.17, 15) is 35.4 Å². The van der Waals surface area contributed by atoms with Crippen LogP contribution in [0.5, 0.6) is 23.0 Å². The number of rotatable bonds is 5. The zero-order valence-electron chi connectivity index (χ0n) is 17.4. The fourth-order valence-corrected chi connectivity index (χ4v) is 5.39. The lowest BCUT2D eigenvalue weighted by molar-refractivity contribution is -0.192. The van der Waals surface area contributed by atoms with Crippen molar-refractivity contribution >= 4 is 37.8 Å². The summed E-state index contributed by atoms with van der Waals surface area (Å²) in [5, 5.41) is 64.6. The van der Waals surface area contributed by atoms with Gasteiger partial charge in [0.05, 0.1) is 17.8 Å². The third-order valence-corrected chi connectivity index (χ3v) is 6.99. The number of phenolic OH excluding ortho intramolecular Hbond substituents is 4. The van der Waals surface area contributed by atoms with Crippen molar-refractivity contribution in [1.29, 1.82) is 0 Å².